The Balaban J connectivity index is 1.51. The van der Waals surface area contributed by atoms with Gasteiger partial charge in [-0.1, -0.05) is 26.8 Å². The first-order chi connectivity index (χ1) is 22.7. The molecule has 1 atom stereocenters. The van der Waals surface area contributed by atoms with E-state index in [1.54, 1.807) is 68.4 Å². The third-order valence-corrected chi connectivity index (χ3v) is 8.16. The number of sulfonamides is 1. The molecule has 1 unspecified atom stereocenters. The third-order valence-electron chi connectivity index (χ3n) is 7.57. The lowest BCUT2D eigenvalue weighted by Gasteiger charge is -2.25. The van der Waals surface area contributed by atoms with Crippen molar-refractivity contribution in [1.82, 2.24) is 15.0 Å². The molecule has 1 fully saturated rings. The zero-order valence-electron chi connectivity index (χ0n) is 29.7. The number of carbonyl (C=O) groups is 2. The van der Waals surface area contributed by atoms with E-state index in [0.717, 1.165) is 17.4 Å². The second kappa shape index (κ2) is 14.5. The fourth-order valence-electron chi connectivity index (χ4n) is 5.01. The van der Waals surface area contributed by atoms with Crippen molar-refractivity contribution in [3.63, 3.8) is 0 Å². The average Bonchev–Trinajstić information content (AvgIpc) is 3.43. The molecule has 15 heteroatoms. The van der Waals surface area contributed by atoms with E-state index in [0.29, 0.717) is 42.5 Å². The van der Waals surface area contributed by atoms with E-state index in [1.807, 2.05) is 39.6 Å². The summed E-state index contributed by atoms with van der Waals surface area (Å²) in [5.74, 6) is 0.815. The van der Waals surface area contributed by atoms with Gasteiger partial charge in [-0.2, -0.15) is 4.98 Å². The Hall–Kier alpha value is -4.63. The van der Waals surface area contributed by atoms with Gasteiger partial charge in [0.1, 0.15) is 11.4 Å². The quantitative estimate of drug-likeness (QED) is 0.242. The van der Waals surface area contributed by atoms with Crippen molar-refractivity contribution in [2.75, 3.05) is 48.4 Å². The number of ether oxygens (including phenoxy) is 3. The second-order valence-electron chi connectivity index (χ2n) is 14.0. The highest BCUT2D eigenvalue weighted by Crippen LogP contribution is 2.39. The maximum Gasteiger partial charge on any atom is 0.528 e. The second-order valence-corrected chi connectivity index (χ2v) is 15.7. The van der Waals surface area contributed by atoms with E-state index < -0.39 is 27.7 Å². The van der Waals surface area contributed by atoms with Gasteiger partial charge in [-0.15, -0.1) is 5.06 Å². The highest BCUT2D eigenvalue weighted by Gasteiger charge is 2.31. The number of nitrogens with zero attached hydrogens (tertiary/aromatic N) is 4. The number of hydrogen-bond donors (Lipinski definition) is 2. The average molecular weight is 699 g/mol. The molecule has 266 valence electrons. The minimum atomic E-state index is -3.63. The predicted octanol–water partition coefficient (Wildman–Crippen LogP) is 5.88. The van der Waals surface area contributed by atoms with Gasteiger partial charge in [-0.3, -0.25) is 9.52 Å². The summed E-state index contributed by atoms with van der Waals surface area (Å²) in [6.07, 6.45) is 2.59. The molecule has 1 saturated heterocycles. The molecule has 0 aliphatic carbocycles. The molecule has 0 bridgehead atoms. The third kappa shape index (κ3) is 10.2. The van der Waals surface area contributed by atoms with Crippen LogP contribution in [0.25, 0.3) is 0 Å². The van der Waals surface area contributed by atoms with Crippen LogP contribution in [0.2, 0.25) is 0 Å². The Bertz CT molecular complexity index is 1800. The van der Waals surface area contributed by atoms with Gasteiger partial charge in [0.05, 0.1) is 31.3 Å². The van der Waals surface area contributed by atoms with Gasteiger partial charge in [0.2, 0.25) is 21.9 Å². The van der Waals surface area contributed by atoms with Gasteiger partial charge in [0.25, 0.3) is 5.91 Å². The fraction of sp³-hybridized carbons (Fsp3) is 0.471. The van der Waals surface area contributed by atoms with E-state index in [-0.39, 0.29) is 28.8 Å². The number of hydroxylamine groups is 2. The van der Waals surface area contributed by atoms with Crippen LogP contribution in [-0.2, 0) is 25.0 Å². The van der Waals surface area contributed by atoms with E-state index >= 15 is 0 Å². The van der Waals surface area contributed by atoms with Gasteiger partial charge in [0.15, 0.2) is 5.75 Å². The van der Waals surface area contributed by atoms with E-state index in [2.05, 4.69) is 20.0 Å². The largest absolute Gasteiger partial charge is 0.528 e. The van der Waals surface area contributed by atoms with Gasteiger partial charge in [-0.05, 0) is 74.9 Å². The first-order valence-corrected chi connectivity index (χ1v) is 17.6. The Kier molecular flexibility index (Phi) is 11.0. The summed E-state index contributed by atoms with van der Waals surface area (Å²) in [5.41, 5.74) is 1.35. The van der Waals surface area contributed by atoms with Gasteiger partial charge < -0.3 is 29.3 Å². The lowest BCUT2D eigenvalue weighted by molar-refractivity contribution is -0.130. The normalized spacial score (nSPS) is 15.3. The number of anilines is 3. The van der Waals surface area contributed by atoms with Crippen LogP contribution in [0, 0.1) is 6.92 Å². The summed E-state index contributed by atoms with van der Waals surface area (Å²) in [6.45, 7) is 14.1. The van der Waals surface area contributed by atoms with Crippen LogP contribution < -0.4 is 24.4 Å². The summed E-state index contributed by atoms with van der Waals surface area (Å²) < 4.78 is 43.7. The van der Waals surface area contributed by atoms with E-state index in [4.69, 9.17) is 19.0 Å². The Morgan fingerprint density at radius 1 is 1.04 bits per heavy atom. The molecular formula is C34H46N6O8S. The smallest absolute Gasteiger partial charge is 0.492 e. The molecule has 3 aromatic rings. The number of hydrogen-bond acceptors (Lipinski definition) is 12. The lowest BCUT2D eigenvalue weighted by Crippen LogP contribution is -2.37. The summed E-state index contributed by atoms with van der Waals surface area (Å²) in [5, 5.41) is 4.44. The molecule has 1 aliphatic rings. The van der Waals surface area contributed by atoms with Crippen LogP contribution in [0.4, 0.5) is 22.1 Å². The summed E-state index contributed by atoms with van der Waals surface area (Å²) in [4.78, 5) is 41.9. The number of nitrogens with one attached hydrogen (secondary N) is 2. The molecule has 0 radical (unpaired) electrons. The number of carbonyl (C=O) groups excluding carboxylic acids is 2. The van der Waals surface area contributed by atoms with Crippen molar-refractivity contribution >= 4 is 39.4 Å². The molecule has 49 heavy (non-hydrogen) atoms. The number of amides is 1. The lowest BCUT2D eigenvalue weighted by atomic mass is 9.86. The van der Waals surface area contributed by atoms with Crippen LogP contribution in [-0.4, -0.2) is 80.7 Å². The molecule has 4 rings (SSSR count). The zero-order valence-corrected chi connectivity index (χ0v) is 30.5. The molecular weight excluding hydrogens is 652 g/mol. The predicted molar refractivity (Wildman–Crippen MR) is 187 cm³/mol. The number of aryl methyl sites for hydroxylation is 1. The Morgan fingerprint density at radius 2 is 1.73 bits per heavy atom. The molecule has 1 amide bonds. The van der Waals surface area contributed by atoms with Crippen molar-refractivity contribution in [2.24, 2.45) is 0 Å². The molecule has 14 nitrogen and oxygen atoms in total. The number of rotatable bonds is 10. The first-order valence-electron chi connectivity index (χ1n) is 15.7. The highest BCUT2D eigenvalue weighted by atomic mass is 32.2. The minimum absolute atomic E-state index is 0.0339. The highest BCUT2D eigenvalue weighted by molar-refractivity contribution is 7.92. The molecule has 2 heterocycles. The van der Waals surface area contributed by atoms with Crippen molar-refractivity contribution in [3.05, 3.63) is 59.3 Å². The van der Waals surface area contributed by atoms with Crippen LogP contribution in [0.3, 0.4) is 0 Å². The topological polar surface area (TPSA) is 162 Å². The maximum absolute atomic E-state index is 13.6. The number of benzene rings is 2. The van der Waals surface area contributed by atoms with Crippen molar-refractivity contribution in [1.29, 1.82) is 0 Å². The van der Waals surface area contributed by atoms with Gasteiger partial charge >= 0.3 is 6.16 Å². The molecule has 2 aromatic carbocycles. The SMILES string of the molecule is COc1c(NC(=O)c2ccc(C)c(Oc3ccnc(N(C)C4CCN(OC(=O)OC(C)(C)C)C4)n3)c2)cc(C(C)(C)C)cc1NS(C)(=O)=O. The standard InChI is InChI=1S/C34H46N6O8S/c1-21-11-12-22(30(41)36-25-18-23(33(2,3)4)19-26(29(25)45-9)38-49(10,43)44)17-27(21)46-28-13-15-35-31(37-28)39(8)24-14-16-40(20-24)48-32(42)47-34(5,6)7/h11-13,15,17-19,24,38H,14,16,20H2,1-10H3,(H,36,41). The van der Waals surface area contributed by atoms with Crippen molar-refractivity contribution in [3.8, 4) is 17.4 Å². The van der Waals surface area contributed by atoms with E-state index in [1.165, 1.54) is 7.11 Å². The maximum atomic E-state index is 13.6. The summed E-state index contributed by atoms with van der Waals surface area (Å²) >= 11 is 0. The minimum Gasteiger partial charge on any atom is -0.492 e. The Labute approximate surface area is 288 Å². The van der Waals surface area contributed by atoms with Crippen LogP contribution in [0.15, 0.2) is 42.6 Å². The molecule has 0 spiro atoms. The van der Waals surface area contributed by atoms with Crippen LogP contribution >= 0.6 is 0 Å². The summed E-state index contributed by atoms with van der Waals surface area (Å²) in [6, 6.07) is 10.1. The first kappa shape index (κ1) is 37.2. The number of methoxy groups -OCH3 is 1. The van der Waals surface area contributed by atoms with Crippen LogP contribution in [0.1, 0.15) is 69.4 Å². The summed E-state index contributed by atoms with van der Waals surface area (Å²) in [7, 11) is -0.371. The number of likely N-dealkylation sites (N-methyl/N-ethyl adjacent to an activating group) is 1. The molecule has 1 aliphatic heterocycles. The fourth-order valence-corrected chi connectivity index (χ4v) is 5.57. The molecule has 0 saturated carbocycles. The zero-order chi connectivity index (χ0) is 36.3. The molecule has 1 aromatic heterocycles. The van der Waals surface area contributed by atoms with Crippen LogP contribution in [0.5, 0.6) is 17.4 Å². The Morgan fingerprint density at radius 3 is 2.37 bits per heavy atom. The van der Waals surface area contributed by atoms with E-state index in [9.17, 15) is 18.0 Å². The monoisotopic (exact) mass is 698 g/mol. The van der Waals surface area contributed by atoms with Gasteiger partial charge in [-0.25, -0.2) is 18.2 Å². The molecule has 2 N–H and O–H groups in total. The van der Waals surface area contributed by atoms with Crippen molar-refractivity contribution in [2.45, 2.75) is 71.9 Å². The number of aromatic nitrogens is 2. The van der Waals surface area contributed by atoms with Crippen molar-refractivity contribution < 1.29 is 37.1 Å². The van der Waals surface area contributed by atoms with Gasteiger partial charge in [0, 0.05) is 37.5 Å².